The average molecular weight is 291 g/mol. The highest BCUT2D eigenvalue weighted by molar-refractivity contribution is 5.96. The molecule has 108 valence electrons. The summed E-state index contributed by atoms with van der Waals surface area (Å²) in [6.45, 7) is 1.92. The van der Waals surface area contributed by atoms with Crippen LogP contribution in [-0.4, -0.2) is 22.1 Å². The molecule has 0 aliphatic carbocycles. The zero-order valence-electron chi connectivity index (χ0n) is 12.2. The van der Waals surface area contributed by atoms with Crippen LogP contribution in [0, 0.1) is 18.3 Å². The highest BCUT2D eigenvalue weighted by Gasteiger charge is 2.13. The normalized spacial score (nSPS) is 10.4. The van der Waals surface area contributed by atoms with Crippen LogP contribution in [0.2, 0.25) is 0 Å². The smallest absolute Gasteiger partial charge is 0.162 e. The molecule has 0 amide bonds. The molecule has 0 saturated carbocycles. The first kappa shape index (κ1) is 13.8. The molecule has 0 saturated heterocycles. The van der Waals surface area contributed by atoms with Crippen LogP contribution in [0.4, 0.5) is 5.82 Å². The zero-order valence-corrected chi connectivity index (χ0v) is 12.2. The van der Waals surface area contributed by atoms with Gasteiger partial charge in [0.25, 0.3) is 0 Å². The summed E-state index contributed by atoms with van der Waals surface area (Å²) in [5.41, 5.74) is 8.46. The number of anilines is 1. The van der Waals surface area contributed by atoms with Crippen molar-refractivity contribution in [3.05, 3.63) is 41.7 Å². The van der Waals surface area contributed by atoms with E-state index >= 15 is 0 Å². The fourth-order valence-corrected chi connectivity index (χ4v) is 2.26. The maximum atomic E-state index is 8.91. The van der Waals surface area contributed by atoms with Gasteiger partial charge in [-0.05, 0) is 25.1 Å². The van der Waals surface area contributed by atoms with E-state index in [-0.39, 0.29) is 11.4 Å². The van der Waals surface area contributed by atoms with Crippen molar-refractivity contribution in [3.63, 3.8) is 0 Å². The van der Waals surface area contributed by atoms with Gasteiger partial charge >= 0.3 is 0 Å². The van der Waals surface area contributed by atoms with Gasteiger partial charge in [0, 0.05) is 16.6 Å². The van der Waals surface area contributed by atoms with Gasteiger partial charge in [0.05, 0.1) is 13.3 Å². The minimum absolute atomic E-state index is 0.163. The van der Waals surface area contributed by atoms with E-state index in [4.69, 9.17) is 15.7 Å². The maximum absolute atomic E-state index is 8.91. The third-order valence-electron chi connectivity index (χ3n) is 3.36. The van der Waals surface area contributed by atoms with Gasteiger partial charge in [0.15, 0.2) is 5.82 Å². The average Bonchev–Trinajstić information content (AvgIpc) is 2.53. The molecule has 0 aliphatic rings. The number of rotatable bonds is 2. The minimum Gasteiger partial charge on any atom is -0.494 e. The second kappa shape index (κ2) is 5.30. The molecule has 2 aromatic heterocycles. The number of hydrogen-bond donors (Lipinski definition) is 1. The summed E-state index contributed by atoms with van der Waals surface area (Å²) >= 11 is 0. The van der Waals surface area contributed by atoms with Crippen molar-refractivity contribution < 1.29 is 4.74 Å². The number of fused-ring (bicyclic) bond motifs is 1. The van der Waals surface area contributed by atoms with E-state index in [1.54, 1.807) is 7.11 Å². The molecule has 2 heterocycles. The number of ether oxygens (including phenoxy) is 1. The van der Waals surface area contributed by atoms with Crippen molar-refractivity contribution in [3.8, 4) is 23.2 Å². The molecule has 0 unspecified atom stereocenters. The van der Waals surface area contributed by atoms with Gasteiger partial charge in [-0.1, -0.05) is 6.07 Å². The van der Waals surface area contributed by atoms with Gasteiger partial charge in [0.2, 0.25) is 0 Å². The molecular formula is C16H13N5O. The molecule has 0 atom stereocenters. The van der Waals surface area contributed by atoms with Gasteiger partial charge in [-0.15, -0.1) is 0 Å². The van der Waals surface area contributed by atoms with Crippen molar-refractivity contribution in [1.29, 1.82) is 5.26 Å². The molecule has 0 bridgehead atoms. The van der Waals surface area contributed by atoms with Crippen molar-refractivity contribution in [1.82, 2.24) is 15.0 Å². The summed E-state index contributed by atoms with van der Waals surface area (Å²) in [6, 6.07) is 9.50. The number of aromatic nitrogens is 3. The van der Waals surface area contributed by atoms with Gasteiger partial charge < -0.3 is 10.5 Å². The Bertz CT molecular complexity index is 914. The SMILES string of the molecule is COc1ccc(-c2ncc(C#N)c(N)n2)c2ccc(C)nc12. The zero-order chi connectivity index (χ0) is 15.7. The first-order valence-electron chi connectivity index (χ1n) is 6.61. The molecule has 0 fully saturated rings. The second-order valence-corrected chi connectivity index (χ2v) is 4.77. The largest absolute Gasteiger partial charge is 0.494 e. The predicted octanol–water partition coefficient (Wildman–Crippen LogP) is 2.46. The lowest BCUT2D eigenvalue weighted by atomic mass is 10.1. The lowest BCUT2D eigenvalue weighted by Crippen LogP contribution is -2.00. The Kier molecular flexibility index (Phi) is 3.31. The Balaban J connectivity index is 2.28. The van der Waals surface area contributed by atoms with E-state index in [9.17, 15) is 0 Å². The summed E-state index contributed by atoms with van der Waals surface area (Å²) in [5.74, 6) is 1.30. The highest BCUT2D eigenvalue weighted by Crippen LogP contribution is 2.32. The number of nitrogen functional groups attached to an aromatic ring is 1. The number of benzene rings is 1. The topological polar surface area (TPSA) is 97.7 Å². The third-order valence-corrected chi connectivity index (χ3v) is 3.36. The lowest BCUT2D eigenvalue weighted by molar-refractivity contribution is 0.419. The Labute approximate surface area is 127 Å². The molecule has 3 aromatic rings. The monoisotopic (exact) mass is 291 g/mol. The van der Waals surface area contributed by atoms with E-state index in [2.05, 4.69) is 15.0 Å². The molecule has 6 nitrogen and oxygen atoms in total. The van der Waals surface area contributed by atoms with Crippen LogP contribution in [-0.2, 0) is 0 Å². The number of aryl methyl sites for hydroxylation is 1. The molecule has 0 spiro atoms. The Morgan fingerprint density at radius 2 is 2.00 bits per heavy atom. The number of nitriles is 1. The number of nitrogens with two attached hydrogens (primary N) is 1. The maximum Gasteiger partial charge on any atom is 0.162 e. The number of methoxy groups -OCH3 is 1. The van der Waals surface area contributed by atoms with Crippen molar-refractivity contribution in [2.45, 2.75) is 6.92 Å². The third kappa shape index (κ3) is 2.19. The summed E-state index contributed by atoms with van der Waals surface area (Å²) in [5, 5.41) is 9.78. The molecule has 2 N–H and O–H groups in total. The van der Waals surface area contributed by atoms with E-state index in [0.717, 1.165) is 22.2 Å². The van der Waals surface area contributed by atoms with E-state index in [1.165, 1.54) is 6.20 Å². The Hall–Kier alpha value is -3.20. The minimum atomic E-state index is 0.163. The lowest BCUT2D eigenvalue weighted by Gasteiger charge is -2.10. The van der Waals surface area contributed by atoms with Crippen molar-refractivity contribution in [2.24, 2.45) is 0 Å². The first-order valence-corrected chi connectivity index (χ1v) is 6.61. The Morgan fingerprint density at radius 3 is 2.68 bits per heavy atom. The fourth-order valence-electron chi connectivity index (χ4n) is 2.26. The standard InChI is InChI=1S/C16H13N5O/c1-9-3-4-11-12(5-6-13(22-2)14(11)20-9)16-19-8-10(7-17)15(18)21-16/h3-6,8H,1-2H3,(H2,18,19,21). The van der Waals surface area contributed by atoms with Gasteiger partial charge in [-0.3, -0.25) is 0 Å². The molecule has 0 radical (unpaired) electrons. The summed E-state index contributed by atoms with van der Waals surface area (Å²) < 4.78 is 5.36. The summed E-state index contributed by atoms with van der Waals surface area (Å²) in [4.78, 5) is 13.0. The van der Waals surface area contributed by atoms with E-state index in [0.29, 0.717) is 11.6 Å². The van der Waals surface area contributed by atoms with Crippen LogP contribution in [0.25, 0.3) is 22.3 Å². The van der Waals surface area contributed by atoms with Crippen molar-refractivity contribution >= 4 is 16.7 Å². The first-order chi connectivity index (χ1) is 10.6. The van der Waals surface area contributed by atoms with Gasteiger partial charge in [-0.2, -0.15) is 5.26 Å². The molecular weight excluding hydrogens is 278 g/mol. The number of hydrogen-bond acceptors (Lipinski definition) is 6. The molecule has 1 aromatic carbocycles. The molecule has 22 heavy (non-hydrogen) atoms. The van der Waals surface area contributed by atoms with Gasteiger partial charge in [-0.25, -0.2) is 15.0 Å². The van der Waals surface area contributed by atoms with Crippen LogP contribution in [0.15, 0.2) is 30.5 Å². The Morgan fingerprint density at radius 1 is 1.18 bits per heavy atom. The second-order valence-electron chi connectivity index (χ2n) is 4.77. The van der Waals surface area contributed by atoms with E-state index in [1.807, 2.05) is 37.3 Å². The van der Waals surface area contributed by atoms with Crippen LogP contribution >= 0.6 is 0 Å². The quantitative estimate of drug-likeness (QED) is 0.778. The van der Waals surface area contributed by atoms with Crippen LogP contribution < -0.4 is 10.5 Å². The molecule has 3 rings (SSSR count). The van der Waals surface area contributed by atoms with Crippen LogP contribution in [0.1, 0.15) is 11.3 Å². The van der Waals surface area contributed by atoms with Crippen LogP contribution in [0.3, 0.4) is 0 Å². The molecule has 0 aliphatic heterocycles. The predicted molar refractivity (Wildman–Crippen MR) is 83.2 cm³/mol. The van der Waals surface area contributed by atoms with Gasteiger partial charge in [0.1, 0.15) is 28.7 Å². The summed E-state index contributed by atoms with van der Waals surface area (Å²) in [6.07, 6.45) is 1.43. The van der Waals surface area contributed by atoms with E-state index < -0.39 is 0 Å². The fraction of sp³-hybridized carbons (Fsp3) is 0.125. The number of nitrogens with zero attached hydrogens (tertiary/aromatic N) is 4. The summed E-state index contributed by atoms with van der Waals surface area (Å²) in [7, 11) is 1.61. The van der Waals surface area contributed by atoms with Crippen LogP contribution in [0.5, 0.6) is 5.75 Å². The highest BCUT2D eigenvalue weighted by atomic mass is 16.5. The molecule has 6 heteroatoms. The van der Waals surface area contributed by atoms with Crippen molar-refractivity contribution in [2.75, 3.05) is 12.8 Å². The number of pyridine rings is 1.